The Bertz CT molecular complexity index is 708. The molecule has 2 heterocycles. The summed E-state index contributed by atoms with van der Waals surface area (Å²) in [5.41, 5.74) is 1.96. The van der Waals surface area contributed by atoms with Crippen LogP contribution in [0.25, 0.3) is 0 Å². The van der Waals surface area contributed by atoms with Gasteiger partial charge in [0.1, 0.15) is 4.88 Å². The largest absolute Gasteiger partial charge is 0.478 e. The summed E-state index contributed by atoms with van der Waals surface area (Å²) in [6.07, 6.45) is 2.27. The number of fused-ring (bicyclic) bond motifs is 1. The second-order valence-corrected chi connectivity index (χ2v) is 5.83. The minimum absolute atomic E-state index is 0.0718. The van der Waals surface area contributed by atoms with Gasteiger partial charge in [0.2, 0.25) is 0 Å². The topological polar surface area (TPSA) is 70.5 Å². The molecule has 1 amide bonds. The van der Waals surface area contributed by atoms with Gasteiger partial charge in [-0.3, -0.25) is 4.79 Å². The second kappa shape index (κ2) is 4.72. The highest BCUT2D eigenvalue weighted by molar-refractivity contribution is 7.13. The molecule has 0 spiro atoms. The molecular weight excluding hydrogens is 276 g/mol. The smallest absolute Gasteiger partial charge is 0.335 e. The molecule has 0 atom stereocenters. The lowest BCUT2D eigenvalue weighted by Gasteiger charge is -2.16. The SMILES string of the molecule is Cc1ncc(C(=O)N2CCc3cc(C(=O)O)ccc32)s1. The first-order valence-corrected chi connectivity index (χ1v) is 6.98. The summed E-state index contributed by atoms with van der Waals surface area (Å²) in [7, 11) is 0. The number of hydrogen-bond acceptors (Lipinski definition) is 4. The van der Waals surface area contributed by atoms with Crippen LogP contribution in [-0.2, 0) is 6.42 Å². The Morgan fingerprint density at radius 3 is 2.85 bits per heavy atom. The van der Waals surface area contributed by atoms with Crippen molar-refractivity contribution in [2.24, 2.45) is 0 Å². The second-order valence-electron chi connectivity index (χ2n) is 4.60. The summed E-state index contributed by atoms with van der Waals surface area (Å²) in [5.74, 6) is -1.02. The average Bonchev–Trinajstić information content (AvgIpc) is 3.03. The molecule has 2 aromatic rings. The number of benzene rings is 1. The Kier molecular flexibility index (Phi) is 3.02. The van der Waals surface area contributed by atoms with Gasteiger partial charge in [-0.1, -0.05) is 0 Å². The minimum atomic E-state index is -0.948. The van der Waals surface area contributed by atoms with E-state index < -0.39 is 5.97 Å². The number of aromatic carboxylic acids is 1. The number of carboxylic acids is 1. The Morgan fingerprint density at radius 2 is 2.20 bits per heavy atom. The summed E-state index contributed by atoms with van der Waals surface area (Å²) in [6, 6.07) is 4.88. The van der Waals surface area contributed by atoms with Crippen molar-refractivity contribution in [3.05, 3.63) is 45.4 Å². The number of anilines is 1. The van der Waals surface area contributed by atoms with Gasteiger partial charge in [0.15, 0.2) is 0 Å². The number of carboxylic acid groups (broad SMARTS) is 1. The van der Waals surface area contributed by atoms with Crippen LogP contribution in [0.5, 0.6) is 0 Å². The highest BCUT2D eigenvalue weighted by Gasteiger charge is 2.27. The van der Waals surface area contributed by atoms with Gasteiger partial charge in [-0.05, 0) is 37.1 Å². The van der Waals surface area contributed by atoms with Crippen molar-refractivity contribution in [3.63, 3.8) is 0 Å². The van der Waals surface area contributed by atoms with E-state index in [-0.39, 0.29) is 11.5 Å². The van der Waals surface area contributed by atoms with E-state index in [1.54, 1.807) is 23.2 Å². The molecule has 1 aliphatic rings. The fourth-order valence-electron chi connectivity index (χ4n) is 2.34. The number of aromatic nitrogens is 1. The summed E-state index contributed by atoms with van der Waals surface area (Å²) in [6.45, 7) is 2.44. The van der Waals surface area contributed by atoms with Crippen LogP contribution >= 0.6 is 11.3 Å². The maximum absolute atomic E-state index is 12.4. The van der Waals surface area contributed by atoms with E-state index >= 15 is 0 Å². The lowest BCUT2D eigenvalue weighted by atomic mass is 10.1. The third-order valence-corrected chi connectivity index (χ3v) is 4.20. The van der Waals surface area contributed by atoms with E-state index in [0.29, 0.717) is 17.8 Å². The molecular formula is C14H12N2O3S. The Labute approximate surface area is 119 Å². The molecule has 0 saturated carbocycles. The van der Waals surface area contributed by atoms with Gasteiger partial charge >= 0.3 is 5.97 Å². The predicted molar refractivity (Wildman–Crippen MR) is 75.6 cm³/mol. The van der Waals surface area contributed by atoms with Crippen LogP contribution in [0.4, 0.5) is 5.69 Å². The van der Waals surface area contributed by atoms with Crippen LogP contribution in [0.2, 0.25) is 0 Å². The first-order valence-electron chi connectivity index (χ1n) is 6.17. The first kappa shape index (κ1) is 12.8. The Balaban J connectivity index is 1.93. The summed E-state index contributed by atoms with van der Waals surface area (Å²) in [4.78, 5) is 29.8. The molecule has 0 saturated heterocycles. The molecule has 3 rings (SSSR count). The third kappa shape index (κ3) is 2.08. The van der Waals surface area contributed by atoms with Crippen molar-refractivity contribution in [1.82, 2.24) is 4.98 Å². The van der Waals surface area contributed by atoms with Crippen LogP contribution in [0, 0.1) is 6.92 Å². The number of nitrogens with zero attached hydrogens (tertiary/aromatic N) is 2. The number of carbonyl (C=O) groups excluding carboxylic acids is 1. The monoisotopic (exact) mass is 288 g/mol. The molecule has 0 unspecified atom stereocenters. The molecule has 0 aliphatic carbocycles. The molecule has 0 radical (unpaired) electrons. The zero-order valence-corrected chi connectivity index (χ0v) is 11.6. The van der Waals surface area contributed by atoms with Crippen LogP contribution in [0.3, 0.4) is 0 Å². The minimum Gasteiger partial charge on any atom is -0.478 e. The molecule has 0 fully saturated rings. The quantitative estimate of drug-likeness (QED) is 0.921. The molecule has 102 valence electrons. The summed E-state index contributed by atoms with van der Waals surface area (Å²) < 4.78 is 0. The molecule has 5 nitrogen and oxygen atoms in total. The van der Waals surface area contributed by atoms with Crippen LogP contribution in [0.15, 0.2) is 24.4 Å². The van der Waals surface area contributed by atoms with Crippen LogP contribution in [0.1, 0.15) is 30.6 Å². The van der Waals surface area contributed by atoms with Crippen molar-refractivity contribution in [3.8, 4) is 0 Å². The van der Waals surface area contributed by atoms with Gasteiger partial charge in [0, 0.05) is 12.2 Å². The number of hydrogen-bond donors (Lipinski definition) is 1. The van der Waals surface area contributed by atoms with Crippen molar-refractivity contribution in [2.75, 3.05) is 11.4 Å². The number of thiazole rings is 1. The molecule has 6 heteroatoms. The molecule has 1 N–H and O–H groups in total. The van der Waals surface area contributed by atoms with Crippen molar-refractivity contribution >= 4 is 28.9 Å². The van der Waals surface area contributed by atoms with E-state index in [0.717, 1.165) is 16.3 Å². The lowest BCUT2D eigenvalue weighted by Crippen LogP contribution is -2.28. The highest BCUT2D eigenvalue weighted by atomic mass is 32.1. The van der Waals surface area contributed by atoms with E-state index in [9.17, 15) is 9.59 Å². The fraction of sp³-hybridized carbons (Fsp3) is 0.214. The predicted octanol–water partition coefficient (Wildman–Crippen LogP) is 2.35. The standard InChI is InChI=1S/C14H12N2O3S/c1-8-15-7-12(20-8)13(17)16-5-4-9-6-10(14(18)19)2-3-11(9)16/h2-3,6-7H,4-5H2,1H3,(H,18,19). The van der Waals surface area contributed by atoms with Crippen molar-refractivity contribution < 1.29 is 14.7 Å². The highest BCUT2D eigenvalue weighted by Crippen LogP contribution is 2.31. The summed E-state index contributed by atoms with van der Waals surface area (Å²) in [5, 5.41) is 9.84. The Hall–Kier alpha value is -2.21. The van der Waals surface area contributed by atoms with Crippen molar-refractivity contribution in [1.29, 1.82) is 0 Å². The van der Waals surface area contributed by atoms with Gasteiger partial charge in [-0.2, -0.15) is 0 Å². The van der Waals surface area contributed by atoms with E-state index in [1.165, 1.54) is 17.4 Å². The van der Waals surface area contributed by atoms with E-state index in [4.69, 9.17) is 5.11 Å². The average molecular weight is 288 g/mol. The number of rotatable bonds is 2. The number of amides is 1. The normalized spacial score (nSPS) is 13.3. The fourth-order valence-corrected chi connectivity index (χ4v) is 3.07. The van der Waals surface area contributed by atoms with Gasteiger partial charge in [-0.15, -0.1) is 11.3 Å². The third-order valence-electron chi connectivity index (χ3n) is 3.30. The maximum atomic E-state index is 12.4. The first-order chi connectivity index (χ1) is 9.56. The molecule has 1 aromatic carbocycles. The van der Waals surface area contributed by atoms with Gasteiger partial charge in [0.25, 0.3) is 5.91 Å². The maximum Gasteiger partial charge on any atom is 0.335 e. The molecule has 0 bridgehead atoms. The van der Waals surface area contributed by atoms with Crippen molar-refractivity contribution in [2.45, 2.75) is 13.3 Å². The molecule has 1 aliphatic heterocycles. The molecule has 1 aromatic heterocycles. The summed E-state index contributed by atoms with van der Waals surface area (Å²) >= 11 is 1.37. The number of aryl methyl sites for hydroxylation is 1. The van der Waals surface area contributed by atoms with Gasteiger partial charge in [-0.25, -0.2) is 9.78 Å². The molecule has 20 heavy (non-hydrogen) atoms. The Morgan fingerprint density at radius 1 is 1.40 bits per heavy atom. The zero-order valence-electron chi connectivity index (χ0n) is 10.8. The van der Waals surface area contributed by atoms with Crippen LogP contribution < -0.4 is 4.90 Å². The van der Waals surface area contributed by atoms with E-state index in [2.05, 4.69) is 4.98 Å². The van der Waals surface area contributed by atoms with Gasteiger partial charge in [0.05, 0.1) is 16.8 Å². The van der Waals surface area contributed by atoms with Gasteiger partial charge < -0.3 is 10.0 Å². The zero-order chi connectivity index (χ0) is 14.3. The number of carbonyl (C=O) groups is 2. The van der Waals surface area contributed by atoms with Crippen LogP contribution in [-0.4, -0.2) is 28.5 Å². The van der Waals surface area contributed by atoms with E-state index in [1.807, 2.05) is 6.92 Å². The lowest BCUT2D eigenvalue weighted by molar-refractivity contribution is 0.0696.